The van der Waals surface area contributed by atoms with Crippen molar-refractivity contribution >= 4 is 0 Å². The van der Waals surface area contributed by atoms with Crippen LogP contribution in [0.4, 0.5) is 8.78 Å². The van der Waals surface area contributed by atoms with E-state index in [1.54, 1.807) is 6.07 Å². The second-order valence-corrected chi connectivity index (χ2v) is 8.47. The summed E-state index contributed by atoms with van der Waals surface area (Å²) in [7, 11) is 0. The summed E-state index contributed by atoms with van der Waals surface area (Å²) >= 11 is 0. The number of hydrogen-bond donors (Lipinski definition) is 0. The van der Waals surface area contributed by atoms with Crippen LogP contribution in [-0.4, -0.2) is 12.7 Å². The van der Waals surface area contributed by atoms with E-state index in [4.69, 9.17) is 10.00 Å². The number of ether oxygens (including phenoxy) is 1. The zero-order valence-electron chi connectivity index (χ0n) is 16.8. The molecular formula is C25H27F2NO. The molecule has 0 saturated heterocycles. The van der Waals surface area contributed by atoms with E-state index in [2.05, 4.69) is 19.1 Å². The predicted octanol–water partition coefficient (Wildman–Crippen LogP) is 6.59. The Balaban J connectivity index is 1.45. The molecule has 0 spiro atoms. The molecular weight excluding hydrogens is 368 g/mol. The van der Waals surface area contributed by atoms with Gasteiger partial charge in [0.2, 0.25) is 0 Å². The zero-order chi connectivity index (χ0) is 20.4. The first-order valence-electron chi connectivity index (χ1n) is 10.7. The van der Waals surface area contributed by atoms with E-state index in [0.29, 0.717) is 17.6 Å². The highest BCUT2D eigenvalue weighted by atomic mass is 19.1. The van der Waals surface area contributed by atoms with Crippen LogP contribution in [0.1, 0.15) is 62.5 Å². The van der Waals surface area contributed by atoms with Crippen LogP contribution >= 0.6 is 0 Å². The van der Waals surface area contributed by atoms with Crippen LogP contribution in [-0.2, 0) is 4.74 Å². The minimum absolute atomic E-state index is 0.449. The molecule has 2 aliphatic carbocycles. The molecule has 0 aromatic heterocycles. The minimum Gasteiger partial charge on any atom is -0.378 e. The molecule has 4 rings (SSSR count). The summed E-state index contributed by atoms with van der Waals surface area (Å²) in [4.78, 5) is 0. The minimum atomic E-state index is -0.812. The third kappa shape index (κ3) is 4.21. The van der Waals surface area contributed by atoms with Crippen molar-refractivity contribution in [2.24, 2.45) is 11.8 Å². The number of benzene rings is 2. The van der Waals surface area contributed by atoms with Gasteiger partial charge in [-0.3, -0.25) is 0 Å². The average Bonchev–Trinajstić information content (AvgIpc) is 2.73. The predicted molar refractivity (Wildman–Crippen MR) is 109 cm³/mol. The topological polar surface area (TPSA) is 33.0 Å². The van der Waals surface area contributed by atoms with Gasteiger partial charge in [-0.15, -0.1) is 0 Å². The third-order valence-electron chi connectivity index (χ3n) is 6.84. The fourth-order valence-electron chi connectivity index (χ4n) is 5.33. The fraction of sp³-hybridized carbons (Fsp3) is 0.480. The summed E-state index contributed by atoms with van der Waals surface area (Å²) in [6.07, 6.45) is 7.77. The SMILES string of the molecule is CCOC1CCC2CC(c3ccc(-c4cc(F)c(C#N)c(F)c4)cc3)CCC2C1. The summed E-state index contributed by atoms with van der Waals surface area (Å²) in [6, 6.07) is 12.1. The summed E-state index contributed by atoms with van der Waals surface area (Å²) in [5, 5.41) is 8.83. The molecule has 152 valence electrons. The van der Waals surface area contributed by atoms with Crippen LogP contribution in [0.3, 0.4) is 0 Å². The van der Waals surface area contributed by atoms with Crippen molar-refractivity contribution in [3.05, 3.63) is 59.2 Å². The highest BCUT2D eigenvalue weighted by Gasteiger charge is 2.36. The van der Waals surface area contributed by atoms with Crippen molar-refractivity contribution in [2.45, 2.75) is 57.5 Å². The number of hydrogen-bond acceptors (Lipinski definition) is 2. The highest BCUT2D eigenvalue weighted by Crippen LogP contribution is 2.46. The van der Waals surface area contributed by atoms with Crippen molar-refractivity contribution in [1.29, 1.82) is 5.26 Å². The van der Waals surface area contributed by atoms with E-state index in [1.807, 2.05) is 12.1 Å². The second kappa shape index (κ2) is 8.63. The van der Waals surface area contributed by atoms with Gasteiger partial charge in [0, 0.05) is 6.61 Å². The van der Waals surface area contributed by atoms with Gasteiger partial charge in [0.05, 0.1) is 6.10 Å². The molecule has 2 fully saturated rings. The van der Waals surface area contributed by atoms with Crippen LogP contribution in [0, 0.1) is 34.8 Å². The van der Waals surface area contributed by atoms with Gasteiger partial charge in [0.15, 0.2) is 0 Å². The maximum Gasteiger partial charge on any atom is 0.144 e. The monoisotopic (exact) mass is 395 g/mol. The zero-order valence-corrected chi connectivity index (χ0v) is 16.8. The first kappa shape index (κ1) is 20.0. The van der Waals surface area contributed by atoms with E-state index < -0.39 is 17.2 Å². The molecule has 0 amide bonds. The highest BCUT2D eigenvalue weighted by molar-refractivity contribution is 5.65. The van der Waals surface area contributed by atoms with Crippen molar-refractivity contribution in [3.8, 4) is 17.2 Å². The van der Waals surface area contributed by atoms with Gasteiger partial charge in [-0.05, 0) is 92.0 Å². The average molecular weight is 395 g/mol. The van der Waals surface area contributed by atoms with Gasteiger partial charge >= 0.3 is 0 Å². The fourth-order valence-corrected chi connectivity index (χ4v) is 5.33. The normalized spacial score (nSPS) is 26.6. The molecule has 0 heterocycles. The van der Waals surface area contributed by atoms with Crippen LogP contribution in [0.25, 0.3) is 11.1 Å². The van der Waals surface area contributed by atoms with Crippen LogP contribution in [0.2, 0.25) is 0 Å². The van der Waals surface area contributed by atoms with E-state index >= 15 is 0 Å². The second-order valence-electron chi connectivity index (χ2n) is 8.47. The van der Waals surface area contributed by atoms with Crippen molar-refractivity contribution in [3.63, 3.8) is 0 Å². The molecule has 2 aliphatic rings. The molecule has 4 unspecified atom stereocenters. The molecule has 2 aromatic rings. The number of halogens is 2. The molecule has 4 atom stereocenters. The maximum absolute atomic E-state index is 13.9. The van der Waals surface area contributed by atoms with E-state index in [0.717, 1.165) is 24.0 Å². The van der Waals surface area contributed by atoms with E-state index in [-0.39, 0.29) is 0 Å². The maximum atomic E-state index is 13.9. The molecule has 2 aromatic carbocycles. The lowest BCUT2D eigenvalue weighted by Gasteiger charge is -2.42. The first-order valence-corrected chi connectivity index (χ1v) is 10.7. The number of nitriles is 1. The lowest BCUT2D eigenvalue weighted by Crippen LogP contribution is -2.33. The third-order valence-corrected chi connectivity index (χ3v) is 6.84. The smallest absolute Gasteiger partial charge is 0.144 e. The molecule has 2 nitrogen and oxygen atoms in total. The molecule has 4 heteroatoms. The summed E-state index contributed by atoms with van der Waals surface area (Å²) in [5.74, 6) is 0.510. The van der Waals surface area contributed by atoms with Crippen LogP contribution in [0.15, 0.2) is 36.4 Å². The lowest BCUT2D eigenvalue weighted by molar-refractivity contribution is -0.00955. The van der Waals surface area contributed by atoms with Gasteiger partial charge in [-0.25, -0.2) is 8.78 Å². The van der Waals surface area contributed by atoms with Gasteiger partial charge in [-0.2, -0.15) is 5.26 Å². The van der Waals surface area contributed by atoms with Gasteiger partial charge in [0.25, 0.3) is 0 Å². The largest absolute Gasteiger partial charge is 0.378 e. The molecule has 0 aliphatic heterocycles. The van der Waals surface area contributed by atoms with Gasteiger partial charge < -0.3 is 4.74 Å². The van der Waals surface area contributed by atoms with Crippen molar-refractivity contribution in [1.82, 2.24) is 0 Å². The Labute approximate surface area is 171 Å². The van der Waals surface area contributed by atoms with Gasteiger partial charge in [0.1, 0.15) is 23.3 Å². The molecule has 2 saturated carbocycles. The number of nitrogens with zero attached hydrogens (tertiary/aromatic N) is 1. The molecule has 0 radical (unpaired) electrons. The molecule has 29 heavy (non-hydrogen) atoms. The molecule has 0 N–H and O–H groups in total. The van der Waals surface area contributed by atoms with Crippen LogP contribution < -0.4 is 0 Å². The number of fused-ring (bicyclic) bond motifs is 1. The van der Waals surface area contributed by atoms with Crippen LogP contribution in [0.5, 0.6) is 0 Å². The first-order chi connectivity index (χ1) is 14.1. The summed E-state index contributed by atoms with van der Waals surface area (Å²) in [6.45, 7) is 2.89. The van der Waals surface area contributed by atoms with Crippen molar-refractivity contribution in [2.75, 3.05) is 6.61 Å². The Kier molecular flexibility index (Phi) is 5.96. The van der Waals surface area contributed by atoms with E-state index in [9.17, 15) is 8.78 Å². The quantitative estimate of drug-likeness (QED) is 0.585. The Morgan fingerprint density at radius 3 is 2.24 bits per heavy atom. The Morgan fingerprint density at radius 1 is 0.931 bits per heavy atom. The standard InChI is InChI=1S/C25H27F2NO/c1-2-29-22-10-9-19-11-18(7-8-20(19)12-22)16-3-5-17(6-4-16)21-13-24(26)23(15-28)25(27)14-21/h3-6,13-14,18-20,22H,2,7-12H2,1H3. The number of rotatable bonds is 4. The Morgan fingerprint density at radius 2 is 1.59 bits per heavy atom. The van der Waals surface area contributed by atoms with Crippen molar-refractivity contribution < 1.29 is 13.5 Å². The van der Waals surface area contributed by atoms with Gasteiger partial charge in [-0.1, -0.05) is 24.3 Å². The Hall–Kier alpha value is -2.25. The summed E-state index contributed by atoms with van der Waals surface area (Å²) < 4.78 is 33.7. The van der Waals surface area contributed by atoms with E-state index in [1.165, 1.54) is 56.2 Å². The molecule has 0 bridgehead atoms. The summed E-state index contributed by atoms with van der Waals surface area (Å²) in [5.41, 5.74) is 2.01. The Bertz CT molecular complexity index is 879. The lowest BCUT2D eigenvalue weighted by atomic mass is 9.65.